The molecule has 0 spiro atoms. The molecule has 1 aromatic heterocycles. The molecular formula is C30H25FN2O5S. The van der Waals surface area contributed by atoms with Gasteiger partial charge in [-0.25, -0.2) is 9.37 Å². The lowest BCUT2D eigenvalue weighted by Crippen LogP contribution is -2.29. The van der Waals surface area contributed by atoms with E-state index < -0.39 is 23.5 Å². The largest absolute Gasteiger partial charge is 0.507 e. The number of aromatic nitrogens is 1. The summed E-state index contributed by atoms with van der Waals surface area (Å²) in [6, 6.07) is 15.5. The summed E-state index contributed by atoms with van der Waals surface area (Å²) in [4.78, 5) is 32.8. The quantitative estimate of drug-likeness (QED) is 0.177. The third-order valence-corrected chi connectivity index (χ3v) is 7.85. The second-order valence-corrected chi connectivity index (χ2v) is 10.7. The lowest BCUT2D eigenvalue weighted by atomic mass is 9.94. The molecule has 0 bridgehead atoms. The molecule has 1 N–H and O–H groups in total. The van der Waals surface area contributed by atoms with Gasteiger partial charge in [0.2, 0.25) is 0 Å². The first kappa shape index (κ1) is 25.1. The van der Waals surface area contributed by atoms with Crippen LogP contribution in [0.25, 0.3) is 16.0 Å². The molecule has 0 radical (unpaired) electrons. The molecule has 2 aliphatic rings. The third kappa shape index (κ3) is 4.42. The number of carbonyl (C=O) groups is 2. The van der Waals surface area contributed by atoms with E-state index in [4.69, 9.17) is 9.47 Å². The monoisotopic (exact) mass is 544 g/mol. The normalized spacial score (nSPS) is 19.9. The number of thiazole rings is 1. The standard InChI is InChI=1S/C30H25FN2O5S/c1-3-12-37-21-8-4-17(5-9-21)26-25(27(34)18-6-11-23-19(14-18)13-16(2)38-23)28(35)29(36)33(26)30-32-22-10-7-20(31)15-24(22)39-30/h4-11,14-16,26,34H,3,12-13H2,1-2H3/b27-25+. The number of ether oxygens (including phenoxy) is 2. The summed E-state index contributed by atoms with van der Waals surface area (Å²) in [6.07, 6.45) is 1.54. The second-order valence-electron chi connectivity index (χ2n) is 9.65. The molecule has 1 saturated heterocycles. The molecule has 6 rings (SSSR count). The predicted octanol–water partition coefficient (Wildman–Crippen LogP) is 6.17. The number of ketones is 1. The average molecular weight is 545 g/mol. The van der Waals surface area contributed by atoms with E-state index >= 15 is 0 Å². The van der Waals surface area contributed by atoms with Crippen molar-refractivity contribution in [3.8, 4) is 11.5 Å². The van der Waals surface area contributed by atoms with Gasteiger partial charge < -0.3 is 14.6 Å². The van der Waals surface area contributed by atoms with Gasteiger partial charge in [-0.15, -0.1) is 0 Å². The molecule has 2 atom stereocenters. The molecule has 0 aliphatic carbocycles. The minimum Gasteiger partial charge on any atom is -0.507 e. The van der Waals surface area contributed by atoms with Crippen LogP contribution < -0.4 is 14.4 Å². The van der Waals surface area contributed by atoms with Crippen LogP contribution in [-0.2, 0) is 16.0 Å². The van der Waals surface area contributed by atoms with Crippen molar-refractivity contribution in [1.29, 1.82) is 0 Å². The molecule has 2 aliphatic heterocycles. The Morgan fingerprint density at radius 1 is 1.15 bits per heavy atom. The van der Waals surface area contributed by atoms with E-state index in [0.717, 1.165) is 29.1 Å². The zero-order chi connectivity index (χ0) is 27.3. The molecule has 4 aromatic rings. The van der Waals surface area contributed by atoms with Crippen molar-refractivity contribution < 1.29 is 28.6 Å². The molecule has 2 unspecified atom stereocenters. The Morgan fingerprint density at radius 3 is 2.72 bits per heavy atom. The topological polar surface area (TPSA) is 89.0 Å². The fourth-order valence-electron chi connectivity index (χ4n) is 5.03. The van der Waals surface area contributed by atoms with Crippen LogP contribution in [0.5, 0.6) is 11.5 Å². The number of hydrogen-bond acceptors (Lipinski definition) is 7. The molecule has 9 heteroatoms. The highest BCUT2D eigenvalue weighted by molar-refractivity contribution is 7.22. The summed E-state index contributed by atoms with van der Waals surface area (Å²) < 4.78 is 25.9. The second kappa shape index (κ2) is 9.81. The van der Waals surface area contributed by atoms with E-state index in [0.29, 0.717) is 40.1 Å². The fourth-order valence-corrected chi connectivity index (χ4v) is 6.04. The van der Waals surface area contributed by atoms with Gasteiger partial charge in [-0.05, 0) is 73.0 Å². The molecule has 7 nitrogen and oxygen atoms in total. The summed E-state index contributed by atoms with van der Waals surface area (Å²) in [5.41, 5.74) is 2.41. The van der Waals surface area contributed by atoms with Gasteiger partial charge in [0.25, 0.3) is 5.78 Å². The summed E-state index contributed by atoms with van der Waals surface area (Å²) in [6.45, 7) is 4.53. The zero-order valence-corrected chi connectivity index (χ0v) is 22.1. The molecule has 39 heavy (non-hydrogen) atoms. The SMILES string of the molecule is CCCOc1ccc(C2/C(=C(\O)c3ccc4c(c3)CC(C)O4)C(=O)C(=O)N2c2nc3ccc(F)cc3s2)cc1. The number of rotatable bonds is 6. The number of halogens is 1. The van der Waals surface area contributed by atoms with E-state index in [2.05, 4.69) is 4.98 Å². The Morgan fingerprint density at radius 2 is 1.95 bits per heavy atom. The van der Waals surface area contributed by atoms with Gasteiger partial charge in [-0.3, -0.25) is 14.5 Å². The minimum absolute atomic E-state index is 0.0142. The minimum atomic E-state index is -0.945. The lowest BCUT2D eigenvalue weighted by Gasteiger charge is -2.23. The van der Waals surface area contributed by atoms with Crippen LogP contribution in [0, 0.1) is 5.82 Å². The van der Waals surface area contributed by atoms with E-state index in [-0.39, 0.29) is 22.6 Å². The Balaban J connectivity index is 1.49. The molecule has 3 aromatic carbocycles. The number of aliphatic hydroxyl groups is 1. The molecule has 0 saturated carbocycles. The third-order valence-electron chi connectivity index (χ3n) is 6.83. The summed E-state index contributed by atoms with van der Waals surface area (Å²) in [5, 5.41) is 11.7. The fraction of sp³-hybridized carbons (Fsp3) is 0.233. The number of aliphatic hydroxyl groups excluding tert-OH is 1. The number of carbonyl (C=O) groups excluding carboxylic acids is 2. The maximum atomic E-state index is 13.9. The van der Waals surface area contributed by atoms with Crippen LogP contribution >= 0.6 is 11.3 Å². The Hall–Kier alpha value is -4.24. The number of hydrogen-bond donors (Lipinski definition) is 1. The smallest absolute Gasteiger partial charge is 0.301 e. The number of amides is 1. The van der Waals surface area contributed by atoms with E-state index in [1.807, 2.05) is 13.8 Å². The van der Waals surface area contributed by atoms with Crippen LogP contribution in [0.3, 0.4) is 0 Å². The summed E-state index contributed by atoms with van der Waals surface area (Å²) in [7, 11) is 0. The van der Waals surface area contributed by atoms with Gasteiger partial charge in [0.05, 0.1) is 28.4 Å². The van der Waals surface area contributed by atoms with Gasteiger partial charge in [0, 0.05) is 12.0 Å². The highest BCUT2D eigenvalue weighted by Crippen LogP contribution is 2.45. The average Bonchev–Trinajstić information content (AvgIpc) is 3.59. The molecular weight excluding hydrogens is 519 g/mol. The number of nitrogens with zero attached hydrogens (tertiary/aromatic N) is 2. The van der Waals surface area contributed by atoms with Gasteiger partial charge in [0.1, 0.15) is 29.2 Å². The maximum Gasteiger partial charge on any atom is 0.301 e. The summed E-state index contributed by atoms with van der Waals surface area (Å²) >= 11 is 1.11. The number of fused-ring (bicyclic) bond motifs is 2. The van der Waals surface area contributed by atoms with Crippen LogP contribution in [-0.4, -0.2) is 34.5 Å². The molecule has 198 valence electrons. The zero-order valence-electron chi connectivity index (χ0n) is 21.3. The Labute approximate surface area is 228 Å². The van der Waals surface area contributed by atoms with Crippen molar-refractivity contribution in [2.75, 3.05) is 11.5 Å². The highest BCUT2D eigenvalue weighted by Gasteiger charge is 2.48. The molecule has 1 fully saturated rings. The van der Waals surface area contributed by atoms with E-state index in [1.54, 1.807) is 42.5 Å². The Bertz CT molecular complexity index is 1650. The summed E-state index contributed by atoms with van der Waals surface area (Å²) in [5.74, 6) is -0.943. The predicted molar refractivity (Wildman–Crippen MR) is 147 cm³/mol. The first-order chi connectivity index (χ1) is 18.8. The van der Waals surface area contributed by atoms with Crippen LogP contribution in [0.4, 0.5) is 9.52 Å². The van der Waals surface area contributed by atoms with Crippen molar-refractivity contribution in [3.05, 3.63) is 88.7 Å². The van der Waals surface area contributed by atoms with Crippen molar-refractivity contribution in [3.63, 3.8) is 0 Å². The first-order valence-corrected chi connectivity index (χ1v) is 13.6. The van der Waals surface area contributed by atoms with Gasteiger partial charge in [0.15, 0.2) is 5.13 Å². The van der Waals surface area contributed by atoms with Crippen LogP contribution in [0.1, 0.15) is 43.0 Å². The maximum absolute atomic E-state index is 13.9. The highest BCUT2D eigenvalue weighted by atomic mass is 32.1. The van der Waals surface area contributed by atoms with Crippen LogP contribution in [0.2, 0.25) is 0 Å². The van der Waals surface area contributed by atoms with Gasteiger partial charge >= 0.3 is 5.91 Å². The van der Waals surface area contributed by atoms with Crippen molar-refractivity contribution in [2.45, 2.75) is 38.8 Å². The van der Waals surface area contributed by atoms with Crippen molar-refractivity contribution in [2.24, 2.45) is 0 Å². The van der Waals surface area contributed by atoms with E-state index in [9.17, 15) is 19.1 Å². The van der Waals surface area contributed by atoms with Gasteiger partial charge in [-0.1, -0.05) is 30.4 Å². The Kier molecular flexibility index (Phi) is 6.31. The molecule has 3 heterocycles. The number of benzene rings is 3. The lowest BCUT2D eigenvalue weighted by molar-refractivity contribution is -0.132. The van der Waals surface area contributed by atoms with Gasteiger partial charge in [-0.2, -0.15) is 0 Å². The van der Waals surface area contributed by atoms with Crippen LogP contribution in [0.15, 0.2) is 66.2 Å². The van der Waals surface area contributed by atoms with E-state index in [1.165, 1.54) is 23.1 Å². The molecule has 1 amide bonds. The van der Waals surface area contributed by atoms with Crippen molar-refractivity contribution >= 4 is 44.1 Å². The first-order valence-electron chi connectivity index (χ1n) is 12.7. The number of Topliss-reactive ketones (excluding diaryl/α,β-unsaturated/α-hetero) is 1. The van der Waals surface area contributed by atoms with Crippen molar-refractivity contribution in [1.82, 2.24) is 4.98 Å². The number of anilines is 1.